The van der Waals surface area contributed by atoms with E-state index in [1.165, 1.54) is 11.3 Å². The molecular weight excluding hydrogens is 499 g/mol. The summed E-state index contributed by atoms with van der Waals surface area (Å²) in [5.74, 6) is -0.806. The number of rotatable bonds is 5. The molecule has 168 valence electrons. The van der Waals surface area contributed by atoms with Gasteiger partial charge < -0.3 is 20.3 Å². The molecule has 0 spiro atoms. The first-order chi connectivity index (χ1) is 15.4. The van der Waals surface area contributed by atoms with E-state index in [-0.39, 0.29) is 18.2 Å². The predicted molar refractivity (Wildman–Crippen MR) is 123 cm³/mol. The van der Waals surface area contributed by atoms with E-state index in [4.69, 9.17) is 4.74 Å². The second kappa shape index (κ2) is 9.67. The Bertz CT molecular complexity index is 1090. The van der Waals surface area contributed by atoms with E-state index in [1.54, 1.807) is 11.9 Å². The quantitative estimate of drug-likeness (QED) is 0.632. The molecule has 2 N–H and O–H groups in total. The van der Waals surface area contributed by atoms with E-state index >= 15 is 4.39 Å². The number of nitrogens with zero attached hydrogens (tertiary/aromatic N) is 2. The number of nitriles is 1. The second-order valence-corrected chi connectivity index (χ2v) is 9.67. The lowest BCUT2D eigenvalue weighted by molar-refractivity contribution is -0.132. The van der Waals surface area contributed by atoms with Gasteiger partial charge >= 0.3 is 0 Å². The number of anilines is 1. The van der Waals surface area contributed by atoms with Crippen molar-refractivity contribution in [2.75, 3.05) is 31.6 Å². The number of fused-ring (bicyclic) bond motifs is 1. The van der Waals surface area contributed by atoms with Gasteiger partial charge in [-0.05, 0) is 46.1 Å². The molecule has 2 unspecified atom stereocenters. The minimum absolute atomic E-state index is 0.0229. The molecule has 2 aliphatic rings. The topological polar surface area (TPSA) is 94.5 Å². The van der Waals surface area contributed by atoms with Gasteiger partial charge in [0.2, 0.25) is 5.91 Å². The molecule has 1 aromatic carbocycles. The van der Waals surface area contributed by atoms with Crippen molar-refractivity contribution in [1.29, 1.82) is 5.26 Å². The standard InChI is InChI=1S/C22H22BrFN4O3S/c1-28-15-7-13(4-3-12(15)8-18(28)29)21-19(23)20(24)17(32-21)9-14(10-25)27-22(30)16-11-26-5-2-6-31-16/h3-4,7,14,16,26H,2,5-6,8-9,11H2,1H3,(H,27,30). The van der Waals surface area contributed by atoms with Gasteiger partial charge in [-0.3, -0.25) is 9.59 Å². The summed E-state index contributed by atoms with van der Waals surface area (Å²) in [6, 6.07) is 6.79. The van der Waals surface area contributed by atoms with Crippen molar-refractivity contribution in [3.05, 3.63) is 38.9 Å². The Labute approximate surface area is 197 Å². The highest BCUT2D eigenvalue weighted by Crippen LogP contribution is 2.42. The number of hydrogen-bond donors (Lipinski definition) is 2. The summed E-state index contributed by atoms with van der Waals surface area (Å²) in [6.07, 6.45) is 0.548. The Morgan fingerprint density at radius 3 is 3.12 bits per heavy atom. The molecule has 0 bridgehead atoms. The average Bonchev–Trinajstić information content (AvgIpc) is 3.09. The first-order valence-corrected chi connectivity index (χ1v) is 11.9. The van der Waals surface area contributed by atoms with Gasteiger partial charge in [-0.1, -0.05) is 12.1 Å². The highest BCUT2D eigenvalue weighted by atomic mass is 79.9. The van der Waals surface area contributed by atoms with Crippen molar-refractivity contribution >= 4 is 44.8 Å². The van der Waals surface area contributed by atoms with Crippen LogP contribution in [0.1, 0.15) is 16.9 Å². The fourth-order valence-electron chi connectivity index (χ4n) is 3.80. The van der Waals surface area contributed by atoms with Gasteiger partial charge in [-0.2, -0.15) is 5.26 Å². The lowest BCUT2D eigenvalue weighted by Crippen LogP contribution is -2.46. The molecule has 32 heavy (non-hydrogen) atoms. The molecule has 1 aromatic heterocycles. The number of nitrogens with one attached hydrogen (secondary N) is 2. The number of benzene rings is 1. The van der Waals surface area contributed by atoms with Crippen molar-refractivity contribution in [1.82, 2.24) is 10.6 Å². The molecule has 1 saturated heterocycles. The highest BCUT2D eigenvalue weighted by molar-refractivity contribution is 9.10. The summed E-state index contributed by atoms with van der Waals surface area (Å²) in [7, 11) is 1.72. The zero-order chi connectivity index (χ0) is 22.8. The molecule has 7 nitrogen and oxygen atoms in total. The fraction of sp³-hybridized carbons (Fsp3) is 0.409. The van der Waals surface area contributed by atoms with Crippen LogP contribution in [0.5, 0.6) is 0 Å². The van der Waals surface area contributed by atoms with Crippen molar-refractivity contribution < 1.29 is 18.7 Å². The second-order valence-electron chi connectivity index (χ2n) is 7.77. The van der Waals surface area contributed by atoms with E-state index < -0.39 is 18.0 Å². The summed E-state index contributed by atoms with van der Waals surface area (Å²) >= 11 is 4.56. The minimum Gasteiger partial charge on any atom is -0.367 e. The maximum Gasteiger partial charge on any atom is 0.251 e. The van der Waals surface area contributed by atoms with Crippen LogP contribution in [-0.4, -0.2) is 50.7 Å². The molecule has 10 heteroatoms. The molecule has 2 aromatic rings. The summed E-state index contributed by atoms with van der Waals surface area (Å²) in [5, 5.41) is 15.3. The largest absolute Gasteiger partial charge is 0.367 e. The van der Waals surface area contributed by atoms with Crippen LogP contribution in [0.2, 0.25) is 0 Å². The van der Waals surface area contributed by atoms with Crippen LogP contribution in [0, 0.1) is 17.1 Å². The van der Waals surface area contributed by atoms with Crippen molar-refractivity contribution in [2.24, 2.45) is 0 Å². The summed E-state index contributed by atoms with van der Waals surface area (Å²) < 4.78 is 20.8. The third-order valence-electron chi connectivity index (χ3n) is 5.59. The Hall–Kier alpha value is -2.32. The van der Waals surface area contributed by atoms with Gasteiger partial charge in [-0.15, -0.1) is 11.3 Å². The van der Waals surface area contributed by atoms with E-state index in [9.17, 15) is 14.9 Å². The first kappa shape index (κ1) is 22.9. The Balaban J connectivity index is 1.52. The predicted octanol–water partition coefficient (Wildman–Crippen LogP) is 2.76. The molecule has 1 fully saturated rings. The number of thiophene rings is 1. The number of carbonyl (C=O) groups is 2. The molecule has 0 radical (unpaired) electrons. The molecular formula is C22H22BrFN4O3S. The molecule has 0 aliphatic carbocycles. The zero-order valence-electron chi connectivity index (χ0n) is 17.4. The number of ether oxygens (including phenoxy) is 1. The molecule has 3 heterocycles. The van der Waals surface area contributed by atoms with Gasteiger partial charge in [0.05, 0.1) is 21.8 Å². The summed E-state index contributed by atoms with van der Waals surface area (Å²) in [4.78, 5) is 27.1. The van der Waals surface area contributed by atoms with Gasteiger partial charge in [0.25, 0.3) is 5.91 Å². The first-order valence-electron chi connectivity index (χ1n) is 10.3. The number of amides is 2. The van der Waals surface area contributed by atoms with Crippen molar-refractivity contribution in [3.63, 3.8) is 0 Å². The van der Waals surface area contributed by atoms with Gasteiger partial charge in [0.1, 0.15) is 12.1 Å². The van der Waals surface area contributed by atoms with Crippen LogP contribution < -0.4 is 15.5 Å². The van der Waals surface area contributed by atoms with Crippen LogP contribution in [0.3, 0.4) is 0 Å². The van der Waals surface area contributed by atoms with Gasteiger partial charge in [0, 0.05) is 37.2 Å². The SMILES string of the molecule is CN1C(=O)Cc2ccc(-c3sc(CC(C#N)NC(=O)C4CNCCCO4)c(F)c3Br)cc21. The third-order valence-corrected chi connectivity index (χ3v) is 7.83. The lowest BCUT2D eigenvalue weighted by atomic mass is 10.1. The van der Waals surface area contributed by atoms with E-state index in [0.29, 0.717) is 33.8 Å². The Morgan fingerprint density at radius 1 is 1.53 bits per heavy atom. The van der Waals surface area contributed by atoms with Crippen molar-refractivity contribution in [3.8, 4) is 16.5 Å². The van der Waals surface area contributed by atoms with Crippen LogP contribution in [0.25, 0.3) is 10.4 Å². The highest BCUT2D eigenvalue weighted by Gasteiger charge is 2.28. The van der Waals surface area contributed by atoms with Crippen LogP contribution in [-0.2, 0) is 27.2 Å². The number of hydrogen-bond acceptors (Lipinski definition) is 6. The molecule has 2 amide bonds. The van der Waals surface area contributed by atoms with Crippen LogP contribution in [0.15, 0.2) is 22.7 Å². The Morgan fingerprint density at radius 2 is 2.34 bits per heavy atom. The van der Waals surface area contributed by atoms with Gasteiger partial charge in [-0.25, -0.2) is 4.39 Å². The van der Waals surface area contributed by atoms with Gasteiger partial charge in [0.15, 0.2) is 5.82 Å². The van der Waals surface area contributed by atoms with Crippen molar-refractivity contribution in [2.45, 2.75) is 31.4 Å². The number of carbonyl (C=O) groups excluding carboxylic acids is 2. The molecule has 2 atom stereocenters. The summed E-state index contributed by atoms with van der Waals surface area (Å²) in [5.41, 5.74) is 2.54. The van der Waals surface area contributed by atoms with Crippen LogP contribution in [0.4, 0.5) is 10.1 Å². The maximum atomic E-state index is 15.0. The van der Waals surface area contributed by atoms with Crippen LogP contribution >= 0.6 is 27.3 Å². The zero-order valence-corrected chi connectivity index (χ0v) is 19.8. The van der Waals surface area contributed by atoms with E-state index in [0.717, 1.165) is 29.8 Å². The minimum atomic E-state index is -0.883. The monoisotopic (exact) mass is 520 g/mol. The normalized spacial score (nSPS) is 19.2. The van der Waals surface area contributed by atoms with E-state index in [2.05, 4.69) is 26.6 Å². The maximum absolute atomic E-state index is 15.0. The molecule has 4 rings (SSSR count). The Kier molecular flexibility index (Phi) is 6.90. The third kappa shape index (κ3) is 4.57. The lowest BCUT2D eigenvalue weighted by Gasteiger charge is -2.17. The smallest absolute Gasteiger partial charge is 0.251 e. The molecule has 2 aliphatic heterocycles. The number of likely N-dealkylation sites (N-methyl/N-ethyl adjacent to an activating group) is 1. The average molecular weight is 521 g/mol. The molecule has 0 saturated carbocycles. The fourth-order valence-corrected chi connectivity index (χ4v) is 5.75. The summed E-state index contributed by atoms with van der Waals surface area (Å²) in [6.45, 7) is 1.62. The number of halogens is 2. The van der Waals surface area contributed by atoms with E-state index in [1.807, 2.05) is 24.3 Å².